The molecule has 0 unspecified atom stereocenters. The van der Waals surface area contributed by atoms with Crippen molar-refractivity contribution in [1.82, 2.24) is 4.90 Å². The van der Waals surface area contributed by atoms with Crippen LogP contribution in [0, 0.1) is 12.7 Å². The molecule has 3 aromatic carbocycles. The Hall–Kier alpha value is -3.84. The molecule has 6 nitrogen and oxygen atoms in total. The Morgan fingerprint density at radius 1 is 1.00 bits per heavy atom. The summed E-state index contributed by atoms with van der Waals surface area (Å²) in [5.74, 6) is 2.15. The van der Waals surface area contributed by atoms with Crippen molar-refractivity contribution >= 4 is 11.0 Å². The third-order valence-electron chi connectivity index (χ3n) is 5.63. The second kappa shape index (κ2) is 8.60. The zero-order valence-electron chi connectivity index (χ0n) is 18.3. The van der Waals surface area contributed by atoms with Crippen LogP contribution in [0.4, 0.5) is 4.39 Å². The first-order valence-electron chi connectivity index (χ1n) is 10.5. The van der Waals surface area contributed by atoms with Crippen molar-refractivity contribution in [2.45, 2.75) is 20.0 Å². The van der Waals surface area contributed by atoms with Gasteiger partial charge in [0.1, 0.15) is 41.1 Å². The minimum atomic E-state index is -0.269. The van der Waals surface area contributed by atoms with Gasteiger partial charge in [-0.25, -0.2) is 4.39 Å². The van der Waals surface area contributed by atoms with Gasteiger partial charge in [-0.3, -0.25) is 9.69 Å². The molecule has 0 bridgehead atoms. The topological polar surface area (TPSA) is 61.1 Å². The van der Waals surface area contributed by atoms with Crippen LogP contribution in [0.15, 0.2) is 69.9 Å². The lowest BCUT2D eigenvalue weighted by Crippen LogP contribution is -2.31. The number of nitrogens with zero attached hydrogens (tertiary/aromatic N) is 1. The highest BCUT2D eigenvalue weighted by molar-refractivity contribution is 5.83. The van der Waals surface area contributed by atoms with E-state index < -0.39 is 0 Å². The Bertz CT molecular complexity index is 1360. The molecule has 0 atom stereocenters. The van der Waals surface area contributed by atoms with E-state index in [0.29, 0.717) is 53.8 Å². The first-order valence-corrected chi connectivity index (χ1v) is 10.5. The van der Waals surface area contributed by atoms with Crippen molar-refractivity contribution in [1.29, 1.82) is 0 Å². The predicted molar refractivity (Wildman–Crippen MR) is 121 cm³/mol. The molecule has 4 aromatic rings. The molecule has 1 aliphatic heterocycles. The molecule has 0 saturated heterocycles. The molecule has 0 radical (unpaired) electrons. The maximum atomic E-state index is 13.3. The van der Waals surface area contributed by atoms with Crippen LogP contribution in [0.2, 0.25) is 0 Å². The predicted octanol–water partition coefficient (Wildman–Crippen LogP) is 5.39. The van der Waals surface area contributed by atoms with Crippen molar-refractivity contribution in [3.05, 3.63) is 93.6 Å². The highest BCUT2D eigenvalue weighted by Crippen LogP contribution is 2.34. The van der Waals surface area contributed by atoms with Gasteiger partial charge in [0.25, 0.3) is 0 Å². The molecule has 0 N–H and O–H groups in total. The number of methoxy groups -OCH3 is 1. The van der Waals surface area contributed by atoms with E-state index in [-0.39, 0.29) is 17.0 Å². The fourth-order valence-electron chi connectivity index (χ4n) is 3.93. The van der Waals surface area contributed by atoms with Crippen LogP contribution in [0.3, 0.4) is 0 Å². The van der Waals surface area contributed by atoms with Crippen LogP contribution >= 0.6 is 0 Å². The number of benzene rings is 3. The van der Waals surface area contributed by atoms with E-state index in [1.807, 2.05) is 0 Å². The summed E-state index contributed by atoms with van der Waals surface area (Å²) in [5, 5.41) is 0.426. The van der Waals surface area contributed by atoms with E-state index in [9.17, 15) is 9.18 Å². The molecular weight excluding hydrogens is 425 g/mol. The molecule has 0 amide bonds. The molecular formula is C26H22FNO5. The van der Waals surface area contributed by atoms with Crippen LogP contribution in [-0.4, -0.2) is 18.7 Å². The molecule has 1 aliphatic rings. The number of aryl methyl sites for hydroxylation is 1. The van der Waals surface area contributed by atoms with Gasteiger partial charge in [0.15, 0.2) is 0 Å². The first-order chi connectivity index (χ1) is 16.0. The summed E-state index contributed by atoms with van der Waals surface area (Å²) < 4.78 is 36.3. The van der Waals surface area contributed by atoms with Crippen LogP contribution in [0.25, 0.3) is 11.0 Å². The molecule has 33 heavy (non-hydrogen) atoms. The quantitative estimate of drug-likeness (QED) is 0.409. The average molecular weight is 447 g/mol. The summed E-state index contributed by atoms with van der Waals surface area (Å²) in [6.45, 7) is 3.21. The third-order valence-corrected chi connectivity index (χ3v) is 5.63. The summed E-state index contributed by atoms with van der Waals surface area (Å²) in [6, 6.07) is 16.9. The number of rotatable bonds is 5. The summed E-state index contributed by atoms with van der Waals surface area (Å²) in [4.78, 5) is 15.3. The van der Waals surface area contributed by atoms with Crippen LogP contribution in [0.1, 0.15) is 16.9 Å². The Kier molecular flexibility index (Phi) is 5.48. The van der Waals surface area contributed by atoms with Gasteiger partial charge >= 0.3 is 0 Å². The van der Waals surface area contributed by atoms with Gasteiger partial charge in [0, 0.05) is 13.1 Å². The standard InChI is InChI=1S/C26H22FNO5/c1-16-25(33-20-9-7-19(30-2)8-10-20)24(29)21-11-12-23-22(26(21)32-16)14-28(15-31-23)13-17-3-5-18(27)6-4-17/h3-12H,13-15H2,1-2H3. The molecule has 0 saturated carbocycles. The zero-order valence-corrected chi connectivity index (χ0v) is 18.3. The van der Waals surface area contributed by atoms with Gasteiger partial charge in [0.2, 0.25) is 11.2 Å². The molecule has 7 heteroatoms. The maximum absolute atomic E-state index is 13.3. The normalized spacial score (nSPS) is 13.4. The summed E-state index contributed by atoms with van der Waals surface area (Å²) in [6.07, 6.45) is 0. The van der Waals surface area contributed by atoms with Crippen molar-refractivity contribution in [2.24, 2.45) is 0 Å². The lowest BCUT2D eigenvalue weighted by atomic mass is 10.1. The second-order valence-electron chi connectivity index (χ2n) is 7.90. The fourth-order valence-corrected chi connectivity index (χ4v) is 3.93. The van der Waals surface area contributed by atoms with Gasteiger partial charge in [-0.05, 0) is 61.0 Å². The number of hydrogen-bond acceptors (Lipinski definition) is 6. The highest BCUT2D eigenvalue weighted by atomic mass is 19.1. The van der Waals surface area contributed by atoms with E-state index in [4.69, 9.17) is 18.6 Å². The Balaban J connectivity index is 1.47. The molecule has 5 rings (SSSR count). The number of ether oxygens (including phenoxy) is 3. The summed E-state index contributed by atoms with van der Waals surface area (Å²) >= 11 is 0. The minimum absolute atomic E-state index is 0.146. The zero-order chi connectivity index (χ0) is 22.9. The van der Waals surface area contributed by atoms with Crippen molar-refractivity contribution in [3.63, 3.8) is 0 Å². The smallest absolute Gasteiger partial charge is 0.235 e. The van der Waals surface area contributed by atoms with E-state index >= 15 is 0 Å². The Morgan fingerprint density at radius 3 is 2.45 bits per heavy atom. The van der Waals surface area contributed by atoms with Gasteiger partial charge in [-0.15, -0.1) is 0 Å². The minimum Gasteiger partial charge on any atom is -0.497 e. The van der Waals surface area contributed by atoms with Crippen molar-refractivity contribution in [3.8, 4) is 23.0 Å². The van der Waals surface area contributed by atoms with Gasteiger partial charge < -0.3 is 18.6 Å². The molecule has 1 aromatic heterocycles. The Labute approximate surface area is 189 Å². The largest absolute Gasteiger partial charge is 0.497 e. The Morgan fingerprint density at radius 2 is 1.73 bits per heavy atom. The van der Waals surface area contributed by atoms with Gasteiger partial charge in [-0.1, -0.05) is 12.1 Å². The molecule has 2 heterocycles. The molecule has 0 aliphatic carbocycles. The van der Waals surface area contributed by atoms with Gasteiger partial charge in [-0.2, -0.15) is 0 Å². The van der Waals surface area contributed by atoms with Gasteiger partial charge in [0.05, 0.1) is 18.1 Å². The third kappa shape index (κ3) is 4.15. The van der Waals surface area contributed by atoms with Crippen molar-refractivity contribution in [2.75, 3.05) is 13.8 Å². The molecule has 0 fully saturated rings. The highest BCUT2D eigenvalue weighted by Gasteiger charge is 2.24. The van der Waals surface area contributed by atoms with Crippen LogP contribution in [0.5, 0.6) is 23.0 Å². The number of fused-ring (bicyclic) bond motifs is 3. The lowest BCUT2D eigenvalue weighted by Gasteiger charge is -2.29. The monoisotopic (exact) mass is 447 g/mol. The van der Waals surface area contributed by atoms with Crippen molar-refractivity contribution < 1.29 is 23.0 Å². The van der Waals surface area contributed by atoms with E-state index in [0.717, 1.165) is 11.1 Å². The van der Waals surface area contributed by atoms with E-state index in [2.05, 4.69) is 4.90 Å². The first kappa shape index (κ1) is 21.0. The fraction of sp³-hybridized carbons (Fsp3) is 0.192. The summed E-state index contributed by atoms with van der Waals surface area (Å²) in [7, 11) is 1.59. The second-order valence-corrected chi connectivity index (χ2v) is 7.90. The van der Waals surface area contributed by atoms with Crippen LogP contribution in [-0.2, 0) is 13.1 Å². The summed E-state index contributed by atoms with van der Waals surface area (Å²) in [5.41, 5.74) is 2.01. The molecule has 168 valence electrons. The van der Waals surface area contributed by atoms with E-state index in [1.165, 1.54) is 12.1 Å². The maximum Gasteiger partial charge on any atom is 0.235 e. The number of hydrogen-bond donors (Lipinski definition) is 0. The SMILES string of the molecule is COc1ccc(Oc2c(C)oc3c4c(ccc3c2=O)OCN(Cc2ccc(F)cc2)C4)cc1. The van der Waals surface area contributed by atoms with Crippen LogP contribution < -0.4 is 19.6 Å². The average Bonchev–Trinajstić information content (AvgIpc) is 2.83. The van der Waals surface area contributed by atoms with E-state index in [1.54, 1.807) is 62.6 Å². The number of halogens is 1. The molecule has 0 spiro atoms. The lowest BCUT2D eigenvalue weighted by molar-refractivity contribution is 0.0889.